The normalized spacial score (nSPS) is 17.2. The lowest BCUT2D eigenvalue weighted by atomic mass is 9.83. The van der Waals surface area contributed by atoms with Gasteiger partial charge in [0.15, 0.2) is 0 Å². The van der Waals surface area contributed by atoms with Crippen molar-refractivity contribution in [2.45, 2.75) is 25.7 Å². The number of hydrogen-bond acceptors (Lipinski definition) is 0. The van der Waals surface area contributed by atoms with Gasteiger partial charge < -0.3 is 0 Å². The van der Waals surface area contributed by atoms with Crippen LogP contribution in [0.25, 0.3) is 17.2 Å². The molecule has 5 rings (SSSR count). The summed E-state index contributed by atoms with van der Waals surface area (Å²) >= 11 is 0. The first kappa shape index (κ1) is 13.8. The lowest BCUT2D eigenvalue weighted by Crippen LogP contribution is -2.04. The molecule has 0 aliphatic heterocycles. The molecule has 24 heavy (non-hydrogen) atoms. The van der Waals surface area contributed by atoms with E-state index >= 15 is 0 Å². The summed E-state index contributed by atoms with van der Waals surface area (Å²) in [6.07, 6.45) is 4.58. The molecular weight excluding hydrogens is 288 g/mol. The van der Waals surface area contributed by atoms with Crippen molar-refractivity contribution < 1.29 is 0 Å². The van der Waals surface area contributed by atoms with E-state index in [4.69, 9.17) is 0 Å². The van der Waals surface area contributed by atoms with Crippen molar-refractivity contribution >= 4 is 6.08 Å². The molecule has 0 aromatic heterocycles. The van der Waals surface area contributed by atoms with Gasteiger partial charge in [0.05, 0.1) is 0 Å². The molecule has 0 heterocycles. The van der Waals surface area contributed by atoms with E-state index in [1.54, 1.807) is 5.57 Å². The van der Waals surface area contributed by atoms with Crippen LogP contribution in [-0.2, 0) is 6.42 Å². The van der Waals surface area contributed by atoms with E-state index in [2.05, 4.69) is 79.7 Å². The third-order valence-electron chi connectivity index (χ3n) is 5.62. The van der Waals surface area contributed by atoms with E-state index in [9.17, 15) is 0 Å². The summed E-state index contributed by atoms with van der Waals surface area (Å²) in [5.74, 6) is 0.426. The van der Waals surface area contributed by atoms with Crippen LogP contribution in [0, 0.1) is 0 Å². The minimum atomic E-state index is 0.426. The molecule has 0 fully saturated rings. The smallest absolute Gasteiger partial charge is 0.0311 e. The second kappa shape index (κ2) is 5.21. The monoisotopic (exact) mass is 308 g/mol. The van der Waals surface area contributed by atoms with Crippen LogP contribution >= 0.6 is 0 Å². The maximum absolute atomic E-state index is 2.40. The fourth-order valence-electron chi connectivity index (χ4n) is 4.51. The molecule has 116 valence electrons. The fraction of sp³-hybridized carbons (Fsp3) is 0.167. The lowest BCUT2D eigenvalue weighted by molar-refractivity contribution is 0.895. The standard InChI is InChI=1S/C24H20/c1-2-16-14-17-8-4-6-11-20(17)24(16)22-13-7-12-21-19-10-5-3-9-18(19)15-23(21)22/h3-14,24H,2,15H2,1H3. The summed E-state index contributed by atoms with van der Waals surface area (Å²) in [7, 11) is 0. The highest BCUT2D eigenvalue weighted by atomic mass is 14.3. The van der Waals surface area contributed by atoms with Gasteiger partial charge in [-0.1, -0.05) is 85.3 Å². The summed E-state index contributed by atoms with van der Waals surface area (Å²) < 4.78 is 0. The zero-order valence-electron chi connectivity index (χ0n) is 13.9. The molecule has 1 unspecified atom stereocenters. The molecule has 1 atom stereocenters. The fourth-order valence-corrected chi connectivity index (χ4v) is 4.51. The molecule has 0 saturated carbocycles. The van der Waals surface area contributed by atoms with Crippen LogP contribution in [0.3, 0.4) is 0 Å². The summed E-state index contributed by atoms with van der Waals surface area (Å²) in [5.41, 5.74) is 11.8. The Morgan fingerprint density at radius 3 is 2.46 bits per heavy atom. The Balaban J connectivity index is 1.71. The van der Waals surface area contributed by atoms with Gasteiger partial charge in [-0.15, -0.1) is 0 Å². The average molecular weight is 308 g/mol. The summed E-state index contributed by atoms with van der Waals surface area (Å²) in [5, 5.41) is 0. The Labute approximate surface area is 143 Å². The van der Waals surface area contributed by atoms with Gasteiger partial charge in [-0.25, -0.2) is 0 Å². The maximum atomic E-state index is 2.40. The van der Waals surface area contributed by atoms with Crippen molar-refractivity contribution in [3.8, 4) is 11.1 Å². The first-order valence-electron chi connectivity index (χ1n) is 8.86. The molecule has 0 spiro atoms. The van der Waals surface area contributed by atoms with E-state index < -0.39 is 0 Å². The van der Waals surface area contributed by atoms with Crippen molar-refractivity contribution in [2.24, 2.45) is 0 Å². The van der Waals surface area contributed by atoms with Crippen LogP contribution in [0.5, 0.6) is 0 Å². The van der Waals surface area contributed by atoms with Gasteiger partial charge in [0.1, 0.15) is 0 Å². The molecule has 2 aliphatic rings. The predicted octanol–water partition coefficient (Wildman–Crippen LogP) is 6.20. The molecule has 0 amide bonds. The summed E-state index contributed by atoms with van der Waals surface area (Å²) in [6.45, 7) is 2.28. The van der Waals surface area contributed by atoms with Gasteiger partial charge in [0.25, 0.3) is 0 Å². The SMILES string of the molecule is CCC1=Cc2ccccc2C1c1cccc2c1Cc1ccccc1-2. The second-order valence-electron chi connectivity index (χ2n) is 6.84. The number of rotatable bonds is 2. The Hall–Kier alpha value is -2.60. The van der Waals surface area contributed by atoms with Crippen molar-refractivity contribution in [2.75, 3.05) is 0 Å². The number of allylic oxidation sites excluding steroid dienone is 1. The molecule has 0 radical (unpaired) electrons. The van der Waals surface area contributed by atoms with Crippen LogP contribution in [-0.4, -0.2) is 0 Å². The Kier molecular flexibility index (Phi) is 2.99. The van der Waals surface area contributed by atoms with Crippen LogP contribution in [0.1, 0.15) is 47.1 Å². The molecule has 0 N–H and O–H groups in total. The van der Waals surface area contributed by atoms with E-state index in [1.807, 2.05) is 0 Å². The zero-order chi connectivity index (χ0) is 16.1. The Bertz CT molecular complexity index is 975. The third-order valence-corrected chi connectivity index (χ3v) is 5.62. The predicted molar refractivity (Wildman–Crippen MR) is 101 cm³/mol. The number of fused-ring (bicyclic) bond motifs is 4. The van der Waals surface area contributed by atoms with E-state index in [-0.39, 0.29) is 0 Å². The molecule has 0 saturated heterocycles. The quantitative estimate of drug-likeness (QED) is 0.414. The minimum Gasteiger partial charge on any atom is -0.0619 e. The van der Waals surface area contributed by atoms with Crippen molar-refractivity contribution in [3.63, 3.8) is 0 Å². The molecule has 2 aliphatic carbocycles. The molecular formula is C24H20. The van der Waals surface area contributed by atoms with Gasteiger partial charge in [0.2, 0.25) is 0 Å². The lowest BCUT2D eigenvalue weighted by Gasteiger charge is -2.20. The minimum absolute atomic E-state index is 0.426. The average Bonchev–Trinajstić information content (AvgIpc) is 3.19. The van der Waals surface area contributed by atoms with Crippen molar-refractivity contribution in [1.82, 2.24) is 0 Å². The van der Waals surface area contributed by atoms with Gasteiger partial charge in [-0.2, -0.15) is 0 Å². The summed E-state index contributed by atoms with van der Waals surface area (Å²) in [4.78, 5) is 0. The van der Waals surface area contributed by atoms with Gasteiger partial charge in [0, 0.05) is 5.92 Å². The van der Waals surface area contributed by atoms with Gasteiger partial charge >= 0.3 is 0 Å². The maximum Gasteiger partial charge on any atom is 0.0311 e. The third kappa shape index (κ3) is 1.86. The topological polar surface area (TPSA) is 0 Å². The number of benzene rings is 3. The van der Waals surface area contributed by atoms with Crippen LogP contribution in [0.4, 0.5) is 0 Å². The Morgan fingerprint density at radius 2 is 1.54 bits per heavy atom. The molecule has 3 aromatic carbocycles. The highest BCUT2D eigenvalue weighted by Crippen LogP contribution is 2.47. The first-order chi connectivity index (χ1) is 11.9. The van der Waals surface area contributed by atoms with Crippen LogP contribution in [0.15, 0.2) is 72.3 Å². The van der Waals surface area contributed by atoms with Crippen molar-refractivity contribution in [1.29, 1.82) is 0 Å². The largest absolute Gasteiger partial charge is 0.0619 e. The summed E-state index contributed by atoms with van der Waals surface area (Å²) in [6, 6.07) is 24.6. The Morgan fingerprint density at radius 1 is 0.792 bits per heavy atom. The van der Waals surface area contributed by atoms with Crippen molar-refractivity contribution in [3.05, 3.63) is 100 Å². The molecule has 3 aromatic rings. The van der Waals surface area contributed by atoms with E-state index in [1.165, 1.54) is 38.9 Å². The first-order valence-corrected chi connectivity index (χ1v) is 8.86. The highest BCUT2D eigenvalue weighted by molar-refractivity contribution is 5.80. The van der Waals surface area contributed by atoms with Crippen LogP contribution < -0.4 is 0 Å². The second-order valence-corrected chi connectivity index (χ2v) is 6.84. The van der Waals surface area contributed by atoms with Crippen LogP contribution in [0.2, 0.25) is 0 Å². The molecule has 0 nitrogen and oxygen atoms in total. The van der Waals surface area contributed by atoms with E-state index in [0.717, 1.165) is 12.8 Å². The van der Waals surface area contributed by atoms with Gasteiger partial charge in [-0.3, -0.25) is 0 Å². The highest BCUT2D eigenvalue weighted by Gasteiger charge is 2.30. The van der Waals surface area contributed by atoms with Gasteiger partial charge in [-0.05, 0) is 51.8 Å². The molecule has 0 heteroatoms. The van der Waals surface area contributed by atoms with E-state index in [0.29, 0.717) is 5.92 Å². The zero-order valence-corrected chi connectivity index (χ0v) is 13.9. The number of hydrogen-bond donors (Lipinski definition) is 0. The molecule has 0 bridgehead atoms.